The van der Waals surface area contributed by atoms with Gasteiger partial charge in [0.25, 0.3) is 0 Å². The smallest absolute Gasteiger partial charge is 0.228 e. The van der Waals surface area contributed by atoms with Crippen LogP contribution in [0.3, 0.4) is 0 Å². The molecule has 92 valence electrons. The van der Waals surface area contributed by atoms with Gasteiger partial charge in [-0.05, 0) is 35.9 Å². The fourth-order valence-electron chi connectivity index (χ4n) is 1.57. The van der Waals surface area contributed by atoms with E-state index in [1.165, 1.54) is 0 Å². The highest BCUT2D eigenvalue weighted by Gasteiger charge is 2.04. The van der Waals surface area contributed by atoms with E-state index >= 15 is 0 Å². The van der Waals surface area contributed by atoms with Crippen molar-refractivity contribution in [2.75, 3.05) is 5.32 Å². The van der Waals surface area contributed by atoms with Crippen LogP contribution in [0.15, 0.2) is 53.0 Å². The first-order valence-electron chi connectivity index (χ1n) is 5.47. The number of phenols is 1. The van der Waals surface area contributed by atoms with Crippen LogP contribution in [-0.4, -0.2) is 11.0 Å². The van der Waals surface area contributed by atoms with Crippen molar-refractivity contribution >= 4 is 27.5 Å². The average Bonchev–Trinajstić information content (AvgIpc) is 2.32. The van der Waals surface area contributed by atoms with Crippen LogP contribution in [0.2, 0.25) is 0 Å². The van der Waals surface area contributed by atoms with E-state index in [0.29, 0.717) is 0 Å². The van der Waals surface area contributed by atoms with E-state index in [0.717, 1.165) is 15.7 Å². The number of carbonyl (C=O) groups is 1. The van der Waals surface area contributed by atoms with Gasteiger partial charge in [0.1, 0.15) is 5.75 Å². The molecular weight excluding hydrogens is 294 g/mol. The van der Waals surface area contributed by atoms with Crippen LogP contribution in [0.4, 0.5) is 5.69 Å². The molecule has 0 aromatic heterocycles. The topological polar surface area (TPSA) is 49.3 Å². The normalized spacial score (nSPS) is 10.1. The molecule has 0 atom stereocenters. The third kappa shape index (κ3) is 3.60. The van der Waals surface area contributed by atoms with Gasteiger partial charge in [0.2, 0.25) is 5.91 Å². The summed E-state index contributed by atoms with van der Waals surface area (Å²) in [6.45, 7) is 0. The molecule has 0 radical (unpaired) electrons. The van der Waals surface area contributed by atoms with Crippen LogP contribution in [0.5, 0.6) is 5.75 Å². The van der Waals surface area contributed by atoms with Crippen LogP contribution in [0.1, 0.15) is 5.56 Å². The van der Waals surface area contributed by atoms with Crippen LogP contribution >= 0.6 is 15.9 Å². The predicted molar refractivity (Wildman–Crippen MR) is 74.6 cm³/mol. The summed E-state index contributed by atoms with van der Waals surface area (Å²) in [4.78, 5) is 11.8. The number of aromatic hydroxyl groups is 1. The molecule has 0 saturated carbocycles. The van der Waals surface area contributed by atoms with Gasteiger partial charge in [-0.1, -0.05) is 34.1 Å². The first-order valence-corrected chi connectivity index (χ1v) is 6.26. The average molecular weight is 306 g/mol. The van der Waals surface area contributed by atoms with Crippen molar-refractivity contribution in [3.05, 3.63) is 58.6 Å². The van der Waals surface area contributed by atoms with Gasteiger partial charge in [0.05, 0.1) is 6.42 Å². The maximum atomic E-state index is 11.8. The standard InChI is InChI=1S/C14H12BrNO2/c15-11-2-1-3-12(9-11)16-14(18)8-10-4-6-13(17)7-5-10/h1-7,9,17H,8H2,(H,16,18). The highest BCUT2D eigenvalue weighted by Crippen LogP contribution is 2.16. The SMILES string of the molecule is O=C(Cc1ccc(O)cc1)Nc1cccc(Br)c1. The van der Waals surface area contributed by atoms with Gasteiger partial charge < -0.3 is 10.4 Å². The van der Waals surface area contributed by atoms with E-state index in [9.17, 15) is 4.79 Å². The lowest BCUT2D eigenvalue weighted by molar-refractivity contribution is -0.115. The van der Waals surface area contributed by atoms with Crippen LogP contribution in [0, 0.1) is 0 Å². The Hall–Kier alpha value is -1.81. The molecule has 2 aromatic rings. The molecule has 0 saturated heterocycles. The molecule has 0 aliphatic heterocycles. The molecule has 2 rings (SSSR count). The summed E-state index contributed by atoms with van der Waals surface area (Å²) < 4.78 is 0.921. The number of nitrogens with one attached hydrogen (secondary N) is 1. The van der Waals surface area contributed by atoms with E-state index in [4.69, 9.17) is 5.11 Å². The van der Waals surface area contributed by atoms with Gasteiger partial charge in [-0.2, -0.15) is 0 Å². The number of benzene rings is 2. The summed E-state index contributed by atoms with van der Waals surface area (Å²) in [7, 11) is 0. The Morgan fingerprint density at radius 2 is 1.89 bits per heavy atom. The maximum Gasteiger partial charge on any atom is 0.228 e. The van der Waals surface area contributed by atoms with E-state index in [2.05, 4.69) is 21.2 Å². The fourth-order valence-corrected chi connectivity index (χ4v) is 1.97. The molecule has 0 bridgehead atoms. The molecule has 0 heterocycles. The summed E-state index contributed by atoms with van der Waals surface area (Å²) in [5.41, 5.74) is 1.62. The molecule has 0 aliphatic carbocycles. The van der Waals surface area contributed by atoms with Crippen molar-refractivity contribution in [1.82, 2.24) is 0 Å². The number of rotatable bonds is 3. The van der Waals surface area contributed by atoms with Crippen LogP contribution in [0.25, 0.3) is 0 Å². The number of halogens is 1. The molecule has 1 amide bonds. The number of hydrogen-bond acceptors (Lipinski definition) is 2. The summed E-state index contributed by atoms with van der Waals surface area (Å²) in [5.74, 6) is 0.116. The highest BCUT2D eigenvalue weighted by molar-refractivity contribution is 9.10. The Morgan fingerprint density at radius 1 is 1.17 bits per heavy atom. The minimum atomic E-state index is -0.0845. The number of carbonyl (C=O) groups excluding carboxylic acids is 1. The van der Waals surface area contributed by atoms with Crippen molar-refractivity contribution in [2.24, 2.45) is 0 Å². The first-order chi connectivity index (χ1) is 8.63. The largest absolute Gasteiger partial charge is 0.508 e. The van der Waals surface area contributed by atoms with E-state index in [-0.39, 0.29) is 18.1 Å². The molecular formula is C14H12BrNO2. The second-order valence-electron chi connectivity index (χ2n) is 3.90. The summed E-state index contributed by atoms with van der Waals surface area (Å²) >= 11 is 3.35. The Balaban J connectivity index is 1.98. The van der Waals surface area contributed by atoms with E-state index < -0.39 is 0 Å². The molecule has 3 nitrogen and oxygen atoms in total. The van der Waals surface area contributed by atoms with Gasteiger partial charge in [-0.25, -0.2) is 0 Å². The first kappa shape index (κ1) is 12.6. The number of anilines is 1. The predicted octanol–water partition coefficient (Wildman–Crippen LogP) is 3.34. The molecule has 4 heteroatoms. The monoisotopic (exact) mass is 305 g/mol. The third-order valence-electron chi connectivity index (χ3n) is 2.41. The van der Waals surface area contributed by atoms with Gasteiger partial charge in [0.15, 0.2) is 0 Å². The highest BCUT2D eigenvalue weighted by atomic mass is 79.9. The Bertz CT molecular complexity index is 552. The molecule has 0 fully saturated rings. The lowest BCUT2D eigenvalue weighted by Gasteiger charge is -2.05. The maximum absolute atomic E-state index is 11.8. The zero-order chi connectivity index (χ0) is 13.0. The van der Waals surface area contributed by atoms with Crippen molar-refractivity contribution in [3.8, 4) is 5.75 Å². The summed E-state index contributed by atoms with van der Waals surface area (Å²) in [6, 6.07) is 14.0. The minimum absolute atomic E-state index is 0.0845. The van der Waals surface area contributed by atoms with Gasteiger partial charge in [-0.15, -0.1) is 0 Å². The quantitative estimate of drug-likeness (QED) is 0.914. The number of amides is 1. The van der Waals surface area contributed by atoms with Gasteiger partial charge >= 0.3 is 0 Å². The lowest BCUT2D eigenvalue weighted by atomic mass is 10.1. The molecule has 0 spiro atoms. The van der Waals surface area contributed by atoms with Gasteiger partial charge in [0, 0.05) is 10.2 Å². The Morgan fingerprint density at radius 3 is 2.56 bits per heavy atom. The molecule has 0 aliphatic rings. The molecule has 2 N–H and O–H groups in total. The minimum Gasteiger partial charge on any atom is -0.508 e. The zero-order valence-electron chi connectivity index (χ0n) is 9.56. The summed E-state index contributed by atoms with van der Waals surface area (Å²) in [5, 5.41) is 12.0. The van der Waals surface area contributed by atoms with Crippen molar-refractivity contribution in [2.45, 2.75) is 6.42 Å². The second kappa shape index (κ2) is 5.69. The second-order valence-corrected chi connectivity index (χ2v) is 4.82. The third-order valence-corrected chi connectivity index (χ3v) is 2.90. The van der Waals surface area contributed by atoms with Crippen LogP contribution in [-0.2, 0) is 11.2 Å². The van der Waals surface area contributed by atoms with Crippen molar-refractivity contribution in [1.29, 1.82) is 0 Å². The van der Waals surface area contributed by atoms with Crippen molar-refractivity contribution in [3.63, 3.8) is 0 Å². The van der Waals surface area contributed by atoms with E-state index in [1.807, 2.05) is 24.3 Å². The number of hydrogen-bond donors (Lipinski definition) is 2. The number of phenolic OH excluding ortho intramolecular Hbond substituents is 1. The fraction of sp³-hybridized carbons (Fsp3) is 0.0714. The van der Waals surface area contributed by atoms with Crippen molar-refractivity contribution < 1.29 is 9.90 Å². The van der Waals surface area contributed by atoms with E-state index in [1.54, 1.807) is 24.3 Å². The lowest BCUT2D eigenvalue weighted by Crippen LogP contribution is -2.14. The van der Waals surface area contributed by atoms with Crippen LogP contribution < -0.4 is 5.32 Å². The summed E-state index contributed by atoms with van der Waals surface area (Å²) in [6.07, 6.45) is 0.285. The zero-order valence-corrected chi connectivity index (χ0v) is 11.1. The van der Waals surface area contributed by atoms with Gasteiger partial charge in [-0.3, -0.25) is 4.79 Å². The molecule has 0 unspecified atom stereocenters. The Labute approximate surface area is 114 Å². The Kier molecular flexibility index (Phi) is 3.99. The molecule has 18 heavy (non-hydrogen) atoms. The molecule has 2 aromatic carbocycles.